The van der Waals surface area contributed by atoms with E-state index < -0.39 is 0 Å². The van der Waals surface area contributed by atoms with Crippen molar-refractivity contribution in [3.63, 3.8) is 0 Å². The summed E-state index contributed by atoms with van der Waals surface area (Å²) >= 11 is 0. The zero-order valence-electron chi connectivity index (χ0n) is 12.6. The molecule has 8 heteroatoms. The molecule has 3 rings (SSSR count). The first kappa shape index (κ1) is 19.0. The summed E-state index contributed by atoms with van der Waals surface area (Å²) in [5, 5.41) is 4.40. The van der Waals surface area contributed by atoms with Crippen molar-refractivity contribution in [1.29, 1.82) is 0 Å². The predicted octanol–water partition coefficient (Wildman–Crippen LogP) is 3.92. The van der Waals surface area contributed by atoms with E-state index in [0.29, 0.717) is 18.1 Å². The Bertz CT molecular complexity index is 808. The Morgan fingerprint density at radius 3 is 2.79 bits per heavy atom. The molecule has 24 heavy (non-hydrogen) atoms. The Labute approximate surface area is 136 Å². The van der Waals surface area contributed by atoms with Gasteiger partial charge >= 0.3 is 0 Å². The van der Waals surface area contributed by atoms with E-state index in [1.165, 1.54) is 6.07 Å². The van der Waals surface area contributed by atoms with Gasteiger partial charge in [-0.25, -0.2) is 9.50 Å². The molecule has 1 aromatic carbocycles. The number of fused-ring (bicyclic) bond motifs is 1. The molecule has 3 aromatic rings. The third-order valence-corrected chi connectivity index (χ3v) is 3.13. The first-order chi connectivity index (χ1) is 10.8. The number of hydrogen-bond acceptors (Lipinski definition) is 4. The largest absolute Gasteiger partial charge is 0.476 e. The van der Waals surface area contributed by atoms with Crippen LogP contribution in [-0.4, -0.2) is 21.2 Å². The Kier molecular flexibility index (Phi) is 6.79. The number of ether oxygens (including phenoxy) is 1. The molecule has 0 fully saturated rings. The van der Waals surface area contributed by atoms with E-state index in [1.807, 2.05) is 12.1 Å². The lowest BCUT2D eigenvalue weighted by molar-refractivity contribution is -0.00614. The third kappa shape index (κ3) is 3.83. The molecule has 0 saturated carbocycles. The second-order valence-corrected chi connectivity index (χ2v) is 4.62. The van der Waals surface area contributed by atoms with Crippen molar-refractivity contribution in [2.75, 3.05) is 6.61 Å². The van der Waals surface area contributed by atoms with Crippen molar-refractivity contribution in [3.8, 4) is 22.9 Å². The molecule has 0 amide bonds. The fourth-order valence-corrected chi connectivity index (χ4v) is 2.08. The lowest BCUT2D eigenvalue weighted by atomic mass is 10.1. The smallest absolute Gasteiger partial charge is 0.231 e. The first-order valence-electron chi connectivity index (χ1n) is 6.79. The van der Waals surface area contributed by atoms with Gasteiger partial charge in [-0.15, -0.1) is 11.7 Å². The van der Waals surface area contributed by atoms with Crippen LogP contribution in [0.5, 0.6) is 11.6 Å². The Balaban J connectivity index is 0.00000144. The van der Waals surface area contributed by atoms with Crippen LogP contribution < -0.4 is 9.68 Å². The van der Waals surface area contributed by atoms with Gasteiger partial charge in [0.15, 0.2) is 11.4 Å². The zero-order chi connectivity index (χ0) is 15.4. The molecule has 0 aliphatic carbocycles. The molecule has 0 aliphatic heterocycles. The highest BCUT2D eigenvalue weighted by molar-refractivity contribution is 5.64. The van der Waals surface area contributed by atoms with Crippen LogP contribution >= 0.6 is 0 Å². The van der Waals surface area contributed by atoms with E-state index in [-0.39, 0.29) is 15.2 Å². The SMILES string of the molecule is C=CCCOc1ccc2ncc(-c3cccc(OF)c3)n2n1.F.F. The van der Waals surface area contributed by atoms with E-state index in [2.05, 4.69) is 21.6 Å². The van der Waals surface area contributed by atoms with Crippen LogP contribution in [0.4, 0.5) is 13.9 Å². The van der Waals surface area contributed by atoms with E-state index in [0.717, 1.165) is 17.7 Å². The molecule has 0 unspecified atom stereocenters. The van der Waals surface area contributed by atoms with E-state index >= 15 is 0 Å². The molecule has 0 radical (unpaired) electrons. The summed E-state index contributed by atoms with van der Waals surface area (Å²) in [4.78, 5) is 8.05. The van der Waals surface area contributed by atoms with Gasteiger partial charge in [-0.3, -0.25) is 14.4 Å². The average Bonchev–Trinajstić information content (AvgIpc) is 2.98. The monoisotopic (exact) mass is 339 g/mol. The Morgan fingerprint density at radius 1 is 1.21 bits per heavy atom. The summed E-state index contributed by atoms with van der Waals surface area (Å²) in [6.07, 6.45) is 4.20. The minimum atomic E-state index is 0. The molecule has 0 aliphatic rings. The summed E-state index contributed by atoms with van der Waals surface area (Å²) < 4.78 is 19.5. The third-order valence-electron chi connectivity index (χ3n) is 3.13. The minimum absolute atomic E-state index is 0. The van der Waals surface area contributed by atoms with Gasteiger partial charge in [0, 0.05) is 16.2 Å². The number of halogens is 3. The van der Waals surface area contributed by atoms with Crippen molar-refractivity contribution in [2.24, 2.45) is 0 Å². The lowest BCUT2D eigenvalue weighted by Crippen LogP contribution is -2.02. The van der Waals surface area contributed by atoms with Crippen LogP contribution in [0, 0.1) is 0 Å². The van der Waals surface area contributed by atoms with Gasteiger partial charge in [0.25, 0.3) is 0 Å². The van der Waals surface area contributed by atoms with E-state index in [4.69, 9.17) is 4.74 Å². The number of rotatable bonds is 6. The summed E-state index contributed by atoms with van der Waals surface area (Å²) in [6, 6.07) is 10.2. The second-order valence-electron chi connectivity index (χ2n) is 4.62. The van der Waals surface area contributed by atoms with Crippen LogP contribution in [0.2, 0.25) is 0 Å². The molecule has 0 N–H and O–H groups in total. The molecule has 2 heterocycles. The number of benzene rings is 1. The van der Waals surface area contributed by atoms with Gasteiger partial charge in [0.1, 0.15) is 0 Å². The number of nitrogens with zero attached hydrogens (tertiary/aromatic N) is 3. The summed E-state index contributed by atoms with van der Waals surface area (Å²) in [7, 11) is 0. The molecule has 0 saturated heterocycles. The van der Waals surface area contributed by atoms with Crippen LogP contribution in [0.25, 0.3) is 16.9 Å². The number of hydrogen-bond donors (Lipinski definition) is 0. The highest BCUT2D eigenvalue weighted by atomic mass is 19.3. The maximum Gasteiger partial charge on any atom is 0.231 e. The maximum absolute atomic E-state index is 12.3. The van der Waals surface area contributed by atoms with Crippen LogP contribution in [0.3, 0.4) is 0 Å². The zero-order valence-corrected chi connectivity index (χ0v) is 12.6. The van der Waals surface area contributed by atoms with Gasteiger partial charge in [-0.2, -0.15) is 0 Å². The molecule has 128 valence electrons. The molecule has 2 aromatic heterocycles. The van der Waals surface area contributed by atoms with Crippen molar-refractivity contribution in [1.82, 2.24) is 14.6 Å². The first-order valence-corrected chi connectivity index (χ1v) is 6.79. The number of aromatic nitrogens is 3. The van der Waals surface area contributed by atoms with Crippen molar-refractivity contribution in [3.05, 3.63) is 55.3 Å². The van der Waals surface area contributed by atoms with Crippen LogP contribution in [0.1, 0.15) is 6.42 Å². The molecule has 5 nitrogen and oxygen atoms in total. The normalized spacial score (nSPS) is 9.71. The summed E-state index contributed by atoms with van der Waals surface area (Å²) in [6.45, 7) is 4.16. The molecule has 0 spiro atoms. The van der Waals surface area contributed by atoms with Crippen molar-refractivity contribution >= 4 is 5.65 Å². The van der Waals surface area contributed by atoms with Crippen LogP contribution in [0.15, 0.2) is 55.3 Å². The lowest BCUT2D eigenvalue weighted by Gasteiger charge is -2.06. The van der Waals surface area contributed by atoms with Gasteiger partial charge in [-0.05, 0) is 24.6 Å². The fraction of sp³-hybridized carbons (Fsp3) is 0.125. The van der Waals surface area contributed by atoms with Crippen molar-refractivity contribution in [2.45, 2.75) is 6.42 Å². The maximum atomic E-state index is 12.3. The highest BCUT2D eigenvalue weighted by Crippen LogP contribution is 2.25. The molecular formula is C16H16F3N3O2. The minimum Gasteiger partial charge on any atom is -0.476 e. The molecule has 0 bridgehead atoms. The molecule has 0 atom stereocenters. The Morgan fingerprint density at radius 2 is 2.04 bits per heavy atom. The Hall–Kier alpha value is -3.03. The fourth-order valence-electron chi connectivity index (χ4n) is 2.08. The second kappa shape index (κ2) is 8.56. The van der Waals surface area contributed by atoms with E-state index in [1.54, 1.807) is 35.0 Å². The van der Waals surface area contributed by atoms with Gasteiger partial charge in [0.05, 0.1) is 18.5 Å². The topological polar surface area (TPSA) is 48.7 Å². The van der Waals surface area contributed by atoms with Crippen LogP contribution in [-0.2, 0) is 0 Å². The van der Waals surface area contributed by atoms with Gasteiger partial charge < -0.3 is 4.74 Å². The molecular weight excluding hydrogens is 323 g/mol. The number of imidazole rings is 1. The van der Waals surface area contributed by atoms with Crippen molar-refractivity contribution < 1.29 is 23.6 Å². The van der Waals surface area contributed by atoms with Gasteiger partial charge in [-0.1, -0.05) is 18.2 Å². The summed E-state index contributed by atoms with van der Waals surface area (Å²) in [5.41, 5.74) is 2.15. The van der Waals surface area contributed by atoms with Gasteiger partial charge in [0.2, 0.25) is 5.88 Å². The van der Waals surface area contributed by atoms with E-state index in [9.17, 15) is 4.53 Å². The highest BCUT2D eigenvalue weighted by Gasteiger charge is 2.09. The standard InChI is InChI=1S/C16H14FN3O2.2FH/c1-2-3-9-21-16-8-7-15-18-11-14(20(15)19-16)12-5-4-6-13(10-12)22-17;;/h2,4-8,10-11H,1,3,9H2;2*1H. The average molecular weight is 339 g/mol. The summed E-state index contributed by atoms with van der Waals surface area (Å²) in [5.74, 6) is 0.623. The predicted molar refractivity (Wildman–Crippen MR) is 85.5 cm³/mol. The quantitative estimate of drug-likeness (QED) is 0.504.